The molecule has 0 bridgehead atoms. The monoisotopic (exact) mass is 470 g/mol. The first kappa shape index (κ1) is 26.2. The fraction of sp³-hybridized carbons (Fsp3) is 0.333. The maximum atomic E-state index is 11.9. The summed E-state index contributed by atoms with van der Waals surface area (Å²) in [5.74, 6) is 0.423. The maximum Gasteiger partial charge on any atom is 0.331 e. The Morgan fingerprint density at radius 3 is 1.35 bits per heavy atom. The fourth-order valence-corrected chi connectivity index (χ4v) is 2.73. The van der Waals surface area contributed by atoms with Gasteiger partial charge >= 0.3 is 11.8 Å². The first-order valence-corrected chi connectivity index (χ1v) is 11.0. The lowest BCUT2D eigenvalue weighted by atomic mass is 10.2. The van der Waals surface area contributed by atoms with Crippen LogP contribution in [0, 0.1) is 0 Å². The molecule has 0 saturated heterocycles. The van der Waals surface area contributed by atoms with E-state index in [1.165, 1.54) is 12.4 Å². The van der Waals surface area contributed by atoms with Crippen LogP contribution in [-0.2, 0) is 9.59 Å². The van der Waals surface area contributed by atoms with Crippen molar-refractivity contribution in [3.05, 3.63) is 47.5 Å². The molecule has 0 radical (unpaired) electrons. The maximum absolute atomic E-state index is 11.9. The summed E-state index contributed by atoms with van der Waals surface area (Å²) in [5.41, 5.74) is 5.63. The first-order chi connectivity index (χ1) is 16.5. The third-order valence-electron chi connectivity index (χ3n) is 4.10. The number of rotatable bonds is 12. The van der Waals surface area contributed by atoms with Crippen LogP contribution in [-0.4, -0.2) is 50.7 Å². The molecule has 34 heavy (non-hydrogen) atoms. The Balaban J connectivity index is 1.92. The van der Waals surface area contributed by atoms with Gasteiger partial charge < -0.3 is 18.9 Å². The minimum Gasteiger partial charge on any atom is -0.490 e. The predicted molar refractivity (Wildman–Crippen MR) is 129 cm³/mol. The van der Waals surface area contributed by atoms with E-state index in [2.05, 4.69) is 21.1 Å². The van der Waals surface area contributed by atoms with Crippen LogP contribution in [0.15, 0.2) is 46.6 Å². The second kappa shape index (κ2) is 14.1. The standard InChI is InChI=1S/C24H30N4O6/c1-5-31-19-11-9-17(13-21(19)33-7-3)15-25-27-23(29)24(30)28-26-16-18-10-12-20(32-6-2)22(14-18)34-8-4/h9-16H,5-8H2,1-4H3,(H,27,29)(H,28,30)/b25-15-,26-16-. The van der Waals surface area contributed by atoms with Gasteiger partial charge in [-0.1, -0.05) is 0 Å². The van der Waals surface area contributed by atoms with Gasteiger partial charge in [0.1, 0.15) is 0 Å². The Hall–Kier alpha value is -4.08. The van der Waals surface area contributed by atoms with E-state index in [-0.39, 0.29) is 0 Å². The molecule has 0 unspecified atom stereocenters. The van der Waals surface area contributed by atoms with Gasteiger partial charge in [0.15, 0.2) is 23.0 Å². The number of hydrogen-bond donors (Lipinski definition) is 2. The van der Waals surface area contributed by atoms with Crippen LogP contribution in [0.2, 0.25) is 0 Å². The van der Waals surface area contributed by atoms with Crippen molar-refractivity contribution in [2.75, 3.05) is 26.4 Å². The van der Waals surface area contributed by atoms with Crippen molar-refractivity contribution in [1.82, 2.24) is 10.9 Å². The summed E-state index contributed by atoms with van der Waals surface area (Å²) in [4.78, 5) is 23.9. The van der Waals surface area contributed by atoms with Gasteiger partial charge in [-0.25, -0.2) is 10.9 Å². The molecule has 0 heterocycles. The molecule has 2 aromatic carbocycles. The average molecular weight is 471 g/mol. The lowest BCUT2D eigenvalue weighted by molar-refractivity contribution is -0.139. The molecule has 0 saturated carbocycles. The number of hydrogen-bond acceptors (Lipinski definition) is 8. The van der Waals surface area contributed by atoms with Crippen LogP contribution in [0.1, 0.15) is 38.8 Å². The van der Waals surface area contributed by atoms with E-state index in [0.29, 0.717) is 60.6 Å². The normalized spacial score (nSPS) is 10.8. The number of carbonyl (C=O) groups is 2. The Bertz CT molecular complexity index is 941. The van der Waals surface area contributed by atoms with Crippen molar-refractivity contribution >= 4 is 24.2 Å². The fourth-order valence-electron chi connectivity index (χ4n) is 2.73. The Kier molecular flexibility index (Phi) is 10.9. The van der Waals surface area contributed by atoms with Crippen LogP contribution >= 0.6 is 0 Å². The van der Waals surface area contributed by atoms with Gasteiger partial charge in [0.05, 0.1) is 38.9 Å². The topological polar surface area (TPSA) is 120 Å². The largest absolute Gasteiger partial charge is 0.490 e. The third kappa shape index (κ3) is 8.12. The van der Waals surface area contributed by atoms with Gasteiger partial charge in [0, 0.05) is 0 Å². The zero-order valence-electron chi connectivity index (χ0n) is 19.8. The van der Waals surface area contributed by atoms with Crippen LogP contribution in [0.3, 0.4) is 0 Å². The first-order valence-electron chi connectivity index (χ1n) is 11.0. The molecule has 0 aliphatic rings. The lowest BCUT2D eigenvalue weighted by Gasteiger charge is -2.11. The summed E-state index contributed by atoms with van der Waals surface area (Å²) >= 11 is 0. The number of nitrogens with one attached hydrogen (secondary N) is 2. The number of hydrazone groups is 2. The predicted octanol–water partition coefficient (Wildman–Crippen LogP) is 2.88. The quantitative estimate of drug-likeness (QED) is 0.280. The van der Waals surface area contributed by atoms with Crippen LogP contribution < -0.4 is 29.8 Å². The molecule has 0 aromatic heterocycles. The van der Waals surface area contributed by atoms with E-state index in [1.807, 2.05) is 27.7 Å². The highest BCUT2D eigenvalue weighted by molar-refractivity contribution is 6.35. The molecule has 10 nitrogen and oxygen atoms in total. The Morgan fingerprint density at radius 2 is 1.00 bits per heavy atom. The van der Waals surface area contributed by atoms with Gasteiger partial charge in [-0.2, -0.15) is 10.2 Å². The van der Waals surface area contributed by atoms with Crippen LogP contribution in [0.5, 0.6) is 23.0 Å². The number of ether oxygens (including phenoxy) is 4. The number of carbonyl (C=O) groups excluding carboxylic acids is 2. The molecule has 0 fully saturated rings. The summed E-state index contributed by atoms with van der Waals surface area (Å²) in [6.45, 7) is 9.46. The van der Waals surface area contributed by atoms with E-state index < -0.39 is 11.8 Å². The molecule has 0 atom stereocenters. The van der Waals surface area contributed by atoms with Gasteiger partial charge in [0.25, 0.3) is 0 Å². The highest BCUT2D eigenvalue weighted by atomic mass is 16.5. The smallest absolute Gasteiger partial charge is 0.331 e. The molecule has 182 valence electrons. The molecule has 0 aliphatic carbocycles. The molecule has 2 N–H and O–H groups in total. The zero-order valence-corrected chi connectivity index (χ0v) is 19.8. The Morgan fingerprint density at radius 1 is 0.647 bits per heavy atom. The zero-order chi connectivity index (χ0) is 24.8. The highest BCUT2D eigenvalue weighted by Gasteiger charge is 2.12. The van der Waals surface area contributed by atoms with Gasteiger partial charge in [-0.05, 0) is 75.2 Å². The van der Waals surface area contributed by atoms with E-state index >= 15 is 0 Å². The van der Waals surface area contributed by atoms with Gasteiger partial charge in [-0.3, -0.25) is 9.59 Å². The SMILES string of the molecule is CCOc1ccc(/C=N\NC(=O)C(=O)N/N=C\c2ccc(OCC)c(OCC)c2)cc1OCC. The minimum absolute atomic E-state index is 0.474. The van der Waals surface area contributed by atoms with E-state index in [4.69, 9.17) is 18.9 Å². The van der Waals surface area contributed by atoms with Crippen molar-refractivity contribution in [1.29, 1.82) is 0 Å². The van der Waals surface area contributed by atoms with E-state index in [1.54, 1.807) is 36.4 Å². The third-order valence-corrected chi connectivity index (χ3v) is 4.10. The lowest BCUT2D eigenvalue weighted by Crippen LogP contribution is -2.35. The molecular weight excluding hydrogens is 440 g/mol. The van der Waals surface area contributed by atoms with Gasteiger partial charge in [-0.15, -0.1) is 0 Å². The minimum atomic E-state index is -0.967. The van der Waals surface area contributed by atoms with Crippen molar-refractivity contribution in [2.45, 2.75) is 27.7 Å². The van der Waals surface area contributed by atoms with Crippen molar-refractivity contribution in [3.8, 4) is 23.0 Å². The van der Waals surface area contributed by atoms with E-state index in [9.17, 15) is 9.59 Å². The van der Waals surface area contributed by atoms with Crippen LogP contribution in [0.4, 0.5) is 0 Å². The highest BCUT2D eigenvalue weighted by Crippen LogP contribution is 2.28. The summed E-state index contributed by atoms with van der Waals surface area (Å²) in [5, 5.41) is 7.60. The summed E-state index contributed by atoms with van der Waals surface area (Å²) in [6.07, 6.45) is 2.78. The number of benzene rings is 2. The Labute approximate surface area is 198 Å². The molecule has 0 aliphatic heterocycles. The van der Waals surface area contributed by atoms with Crippen molar-refractivity contribution in [2.24, 2.45) is 10.2 Å². The molecule has 2 rings (SSSR count). The van der Waals surface area contributed by atoms with Crippen molar-refractivity contribution in [3.63, 3.8) is 0 Å². The molecular formula is C24H30N4O6. The number of nitrogens with zero attached hydrogens (tertiary/aromatic N) is 2. The summed E-state index contributed by atoms with van der Waals surface area (Å²) in [7, 11) is 0. The molecule has 2 aromatic rings. The summed E-state index contributed by atoms with van der Waals surface area (Å²) in [6, 6.07) is 10.4. The number of amides is 2. The van der Waals surface area contributed by atoms with Crippen molar-refractivity contribution < 1.29 is 28.5 Å². The second-order valence-corrected chi connectivity index (χ2v) is 6.54. The summed E-state index contributed by atoms with van der Waals surface area (Å²) < 4.78 is 22.1. The second-order valence-electron chi connectivity index (χ2n) is 6.54. The molecule has 2 amide bonds. The molecule has 10 heteroatoms. The van der Waals surface area contributed by atoms with Gasteiger partial charge in [0.2, 0.25) is 0 Å². The van der Waals surface area contributed by atoms with Crippen LogP contribution in [0.25, 0.3) is 0 Å². The van der Waals surface area contributed by atoms with E-state index in [0.717, 1.165) is 0 Å². The molecule has 0 spiro atoms. The average Bonchev–Trinajstić information content (AvgIpc) is 2.82.